The van der Waals surface area contributed by atoms with Gasteiger partial charge in [0.05, 0.1) is 13.7 Å². The molecule has 0 aliphatic heterocycles. The molecule has 0 saturated heterocycles. The summed E-state index contributed by atoms with van der Waals surface area (Å²) in [5.74, 6) is 0.600. The number of ether oxygens (including phenoxy) is 2. The molecule has 0 amide bonds. The van der Waals surface area contributed by atoms with Gasteiger partial charge in [-0.15, -0.1) is 5.10 Å². The summed E-state index contributed by atoms with van der Waals surface area (Å²) in [6.07, 6.45) is 1.52. The number of hydrogen-bond donors (Lipinski definition) is 2. The van der Waals surface area contributed by atoms with Gasteiger partial charge in [-0.3, -0.25) is 5.10 Å². The standard InChI is InChI=1S/C15H17N3O4S/c1-4-22-13-10(6-5-7-11(13)21-3)8-12(14(19)20)23-15-16-9(2)17-18-15/h5-8H,4H2,1-3H3,(H,19,20)(H,16,17,18). The van der Waals surface area contributed by atoms with Crippen molar-refractivity contribution in [2.24, 2.45) is 0 Å². The van der Waals surface area contributed by atoms with Crippen LogP contribution in [0.3, 0.4) is 0 Å². The summed E-state index contributed by atoms with van der Waals surface area (Å²) in [4.78, 5) is 15.7. The highest BCUT2D eigenvalue weighted by Crippen LogP contribution is 2.35. The molecule has 7 nitrogen and oxygen atoms in total. The molecule has 0 bridgehead atoms. The summed E-state index contributed by atoms with van der Waals surface area (Å²) in [5, 5.41) is 16.4. The number of nitrogens with one attached hydrogen (secondary N) is 1. The van der Waals surface area contributed by atoms with Crippen LogP contribution in [0.5, 0.6) is 11.5 Å². The molecule has 0 atom stereocenters. The minimum Gasteiger partial charge on any atom is -0.493 e. The van der Waals surface area contributed by atoms with Crippen LogP contribution in [0, 0.1) is 6.92 Å². The molecule has 0 radical (unpaired) electrons. The molecule has 0 fully saturated rings. The normalized spacial score (nSPS) is 11.3. The first-order chi connectivity index (χ1) is 11.0. The maximum Gasteiger partial charge on any atom is 0.342 e. The Balaban J connectivity index is 2.41. The van der Waals surface area contributed by atoms with Gasteiger partial charge in [-0.25, -0.2) is 9.78 Å². The lowest BCUT2D eigenvalue weighted by molar-refractivity contribution is -0.131. The first kappa shape index (κ1) is 16.9. The van der Waals surface area contributed by atoms with E-state index in [1.807, 2.05) is 6.92 Å². The molecule has 1 heterocycles. The molecule has 1 aromatic heterocycles. The number of aryl methyl sites for hydroxylation is 1. The number of aliphatic carboxylic acids is 1. The van der Waals surface area contributed by atoms with Crippen LogP contribution >= 0.6 is 11.8 Å². The Kier molecular flexibility index (Phi) is 5.64. The zero-order valence-electron chi connectivity index (χ0n) is 13.0. The largest absolute Gasteiger partial charge is 0.493 e. The number of para-hydroxylation sites is 1. The highest BCUT2D eigenvalue weighted by molar-refractivity contribution is 8.04. The van der Waals surface area contributed by atoms with Gasteiger partial charge < -0.3 is 14.6 Å². The number of hydrogen-bond acceptors (Lipinski definition) is 6. The molecule has 2 aromatic rings. The Labute approximate surface area is 137 Å². The zero-order chi connectivity index (χ0) is 16.8. The second kappa shape index (κ2) is 7.68. The van der Waals surface area contributed by atoms with E-state index in [-0.39, 0.29) is 4.91 Å². The Morgan fingerprint density at radius 2 is 2.26 bits per heavy atom. The second-order valence-corrected chi connectivity index (χ2v) is 5.44. The van der Waals surface area contributed by atoms with Gasteiger partial charge in [-0.05, 0) is 37.8 Å². The van der Waals surface area contributed by atoms with Crippen molar-refractivity contribution in [1.82, 2.24) is 15.2 Å². The number of carboxylic acids is 1. The van der Waals surface area contributed by atoms with E-state index in [0.717, 1.165) is 11.8 Å². The van der Waals surface area contributed by atoms with Crippen molar-refractivity contribution in [3.05, 3.63) is 34.5 Å². The zero-order valence-corrected chi connectivity index (χ0v) is 13.8. The average Bonchev–Trinajstić information content (AvgIpc) is 2.93. The summed E-state index contributed by atoms with van der Waals surface area (Å²) in [7, 11) is 1.54. The Hall–Kier alpha value is -2.48. The van der Waals surface area contributed by atoms with E-state index in [1.54, 1.807) is 25.1 Å². The molecule has 0 spiro atoms. The van der Waals surface area contributed by atoms with E-state index in [2.05, 4.69) is 15.2 Å². The van der Waals surface area contributed by atoms with Crippen LogP contribution in [-0.4, -0.2) is 40.0 Å². The number of methoxy groups -OCH3 is 1. The van der Waals surface area contributed by atoms with Crippen molar-refractivity contribution in [3.8, 4) is 11.5 Å². The number of benzene rings is 1. The number of nitrogens with zero attached hydrogens (tertiary/aromatic N) is 2. The number of carboxylic acid groups (broad SMARTS) is 1. The lowest BCUT2D eigenvalue weighted by atomic mass is 10.1. The number of H-pyrrole nitrogens is 1. The number of carbonyl (C=O) groups is 1. The number of thioether (sulfide) groups is 1. The first-order valence-corrected chi connectivity index (χ1v) is 7.68. The summed E-state index contributed by atoms with van der Waals surface area (Å²) in [6, 6.07) is 5.29. The molecule has 0 unspecified atom stereocenters. The summed E-state index contributed by atoms with van der Waals surface area (Å²) >= 11 is 0.964. The minimum atomic E-state index is -1.07. The summed E-state index contributed by atoms with van der Waals surface area (Å²) in [5.41, 5.74) is 0.614. The third-order valence-corrected chi connectivity index (χ3v) is 3.67. The number of aromatic nitrogens is 3. The highest BCUT2D eigenvalue weighted by Gasteiger charge is 2.16. The molecule has 0 aliphatic rings. The predicted octanol–water partition coefficient (Wildman–Crippen LogP) is 2.74. The molecule has 1 aromatic carbocycles. The van der Waals surface area contributed by atoms with Crippen LogP contribution in [0.15, 0.2) is 28.3 Å². The fraction of sp³-hybridized carbons (Fsp3) is 0.267. The molecule has 2 rings (SSSR count). The fourth-order valence-corrected chi connectivity index (χ4v) is 2.59. The third-order valence-electron chi connectivity index (χ3n) is 2.79. The first-order valence-electron chi connectivity index (χ1n) is 6.86. The molecule has 0 saturated carbocycles. The lowest BCUT2D eigenvalue weighted by Crippen LogP contribution is -2.00. The van der Waals surface area contributed by atoms with Gasteiger partial charge in [0.2, 0.25) is 5.16 Å². The Bertz CT molecular complexity index is 727. The van der Waals surface area contributed by atoms with Crippen molar-refractivity contribution in [3.63, 3.8) is 0 Å². The van der Waals surface area contributed by atoms with Gasteiger partial charge in [0, 0.05) is 5.56 Å². The molecule has 0 aliphatic carbocycles. The second-order valence-electron chi connectivity index (χ2n) is 4.43. The number of rotatable bonds is 7. The Morgan fingerprint density at radius 3 is 2.83 bits per heavy atom. The van der Waals surface area contributed by atoms with E-state index in [1.165, 1.54) is 13.2 Å². The van der Waals surface area contributed by atoms with Crippen molar-refractivity contribution in [1.29, 1.82) is 0 Å². The molecule has 122 valence electrons. The van der Waals surface area contributed by atoms with Crippen molar-refractivity contribution in [2.45, 2.75) is 19.0 Å². The van der Waals surface area contributed by atoms with Crippen LogP contribution in [-0.2, 0) is 4.79 Å². The van der Waals surface area contributed by atoms with Crippen LogP contribution < -0.4 is 9.47 Å². The molecule has 8 heteroatoms. The predicted molar refractivity (Wildman–Crippen MR) is 86.8 cm³/mol. The van der Waals surface area contributed by atoms with Crippen LogP contribution in [0.1, 0.15) is 18.3 Å². The maximum atomic E-state index is 11.5. The van der Waals surface area contributed by atoms with Crippen LogP contribution in [0.2, 0.25) is 0 Å². The van der Waals surface area contributed by atoms with Crippen molar-refractivity contribution < 1.29 is 19.4 Å². The van der Waals surface area contributed by atoms with Crippen LogP contribution in [0.4, 0.5) is 0 Å². The lowest BCUT2D eigenvalue weighted by Gasteiger charge is -2.12. The quantitative estimate of drug-likeness (QED) is 0.593. The maximum absolute atomic E-state index is 11.5. The summed E-state index contributed by atoms with van der Waals surface area (Å²) < 4.78 is 10.8. The summed E-state index contributed by atoms with van der Waals surface area (Å²) in [6.45, 7) is 4.04. The van der Waals surface area contributed by atoms with Gasteiger partial charge in [0.1, 0.15) is 10.7 Å². The van der Waals surface area contributed by atoms with Gasteiger partial charge in [-0.2, -0.15) is 0 Å². The smallest absolute Gasteiger partial charge is 0.342 e. The third kappa shape index (κ3) is 4.26. The monoisotopic (exact) mass is 335 g/mol. The minimum absolute atomic E-state index is 0.0817. The van der Waals surface area contributed by atoms with Gasteiger partial charge >= 0.3 is 5.97 Å². The van der Waals surface area contributed by atoms with Gasteiger partial charge in [-0.1, -0.05) is 12.1 Å². The molecule has 2 N–H and O–H groups in total. The number of aromatic amines is 1. The van der Waals surface area contributed by atoms with Gasteiger partial charge in [0.15, 0.2) is 11.5 Å². The van der Waals surface area contributed by atoms with E-state index >= 15 is 0 Å². The van der Waals surface area contributed by atoms with Crippen molar-refractivity contribution >= 4 is 23.8 Å². The van der Waals surface area contributed by atoms with E-state index in [4.69, 9.17) is 9.47 Å². The van der Waals surface area contributed by atoms with E-state index in [9.17, 15) is 9.90 Å². The van der Waals surface area contributed by atoms with Crippen LogP contribution in [0.25, 0.3) is 6.08 Å². The average molecular weight is 335 g/mol. The Morgan fingerprint density at radius 1 is 1.48 bits per heavy atom. The SMILES string of the molecule is CCOc1c(C=C(Sc2n[nH]c(C)n2)C(=O)O)cccc1OC. The molecular weight excluding hydrogens is 318 g/mol. The fourth-order valence-electron chi connectivity index (χ4n) is 1.85. The van der Waals surface area contributed by atoms with E-state index < -0.39 is 5.97 Å². The highest BCUT2D eigenvalue weighted by atomic mass is 32.2. The van der Waals surface area contributed by atoms with E-state index in [0.29, 0.717) is 34.7 Å². The molecular formula is C15H17N3O4S. The van der Waals surface area contributed by atoms with Gasteiger partial charge in [0.25, 0.3) is 0 Å². The molecule has 23 heavy (non-hydrogen) atoms. The van der Waals surface area contributed by atoms with Crippen molar-refractivity contribution in [2.75, 3.05) is 13.7 Å². The topological polar surface area (TPSA) is 97.3 Å².